The first-order chi connectivity index (χ1) is 10.7. The highest BCUT2D eigenvalue weighted by molar-refractivity contribution is 6.11. The summed E-state index contributed by atoms with van der Waals surface area (Å²) < 4.78 is 0. The number of carbonyl (C=O) groups excluding carboxylic acids is 1. The lowest BCUT2D eigenvalue weighted by molar-refractivity contribution is 0.102. The van der Waals surface area contributed by atoms with Gasteiger partial charge in [-0.05, 0) is 24.4 Å². The van der Waals surface area contributed by atoms with Crippen molar-refractivity contribution in [2.75, 3.05) is 5.32 Å². The monoisotopic (exact) mass is 292 g/mol. The zero-order chi connectivity index (χ0) is 15.5. The molecule has 0 fully saturated rings. The van der Waals surface area contributed by atoms with Gasteiger partial charge < -0.3 is 10.4 Å². The molecule has 3 rings (SSSR count). The van der Waals surface area contributed by atoms with Gasteiger partial charge in [-0.3, -0.25) is 9.78 Å². The normalized spacial score (nSPS) is 12.1. The molecule has 4 nitrogen and oxygen atoms in total. The van der Waals surface area contributed by atoms with E-state index in [1.807, 2.05) is 42.5 Å². The molecule has 3 aromatic rings. The number of aliphatic hydroxyl groups is 1. The van der Waals surface area contributed by atoms with E-state index in [0.29, 0.717) is 16.9 Å². The van der Waals surface area contributed by atoms with Gasteiger partial charge in [-0.1, -0.05) is 42.5 Å². The van der Waals surface area contributed by atoms with Gasteiger partial charge >= 0.3 is 0 Å². The van der Waals surface area contributed by atoms with Gasteiger partial charge in [0.25, 0.3) is 5.91 Å². The van der Waals surface area contributed by atoms with Crippen molar-refractivity contribution in [2.24, 2.45) is 0 Å². The van der Waals surface area contributed by atoms with Crippen LogP contribution in [0.1, 0.15) is 29.1 Å². The Bertz CT molecular complexity index is 823. The summed E-state index contributed by atoms with van der Waals surface area (Å²) in [6.45, 7) is 1.67. The van der Waals surface area contributed by atoms with Crippen molar-refractivity contribution >= 4 is 22.4 Å². The highest BCUT2D eigenvalue weighted by Crippen LogP contribution is 2.24. The molecule has 1 heterocycles. The first kappa shape index (κ1) is 14.2. The number of aliphatic hydroxyl groups excluding tert-OH is 1. The molecule has 22 heavy (non-hydrogen) atoms. The molecule has 0 spiro atoms. The molecule has 0 radical (unpaired) electrons. The number of aromatic nitrogens is 1. The van der Waals surface area contributed by atoms with Gasteiger partial charge in [-0.25, -0.2) is 0 Å². The molecule has 0 aliphatic heterocycles. The molecule has 110 valence electrons. The molecule has 0 saturated heterocycles. The number of hydrogen-bond donors (Lipinski definition) is 2. The summed E-state index contributed by atoms with van der Waals surface area (Å²) >= 11 is 0. The molecule has 0 aliphatic rings. The van der Waals surface area contributed by atoms with Gasteiger partial charge in [0.05, 0.1) is 6.10 Å². The third kappa shape index (κ3) is 2.69. The summed E-state index contributed by atoms with van der Waals surface area (Å²) in [4.78, 5) is 16.8. The quantitative estimate of drug-likeness (QED) is 0.776. The first-order valence-corrected chi connectivity index (χ1v) is 7.09. The number of nitrogens with zero attached hydrogens (tertiary/aromatic N) is 1. The topological polar surface area (TPSA) is 62.2 Å². The van der Waals surface area contributed by atoms with Gasteiger partial charge in [0, 0.05) is 22.8 Å². The van der Waals surface area contributed by atoms with E-state index in [1.165, 1.54) is 0 Å². The van der Waals surface area contributed by atoms with Crippen molar-refractivity contribution in [3.63, 3.8) is 0 Å². The van der Waals surface area contributed by atoms with Gasteiger partial charge in [-0.15, -0.1) is 0 Å². The molecule has 0 bridgehead atoms. The second-order valence-electron chi connectivity index (χ2n) is 5.10. The van der Waals surface area contributed by atoms with E-state index in [9.17, 15) is 9.90 Å². The zero-order valence-electron chi connectivity index (χ0n) is 12.2. The highest BCUT2D eigenvalue weighted by Gasteiger charge is 2.14. The van der Waals surface area contributed by atoms with Crippen molar-refractivity contribution in [3.8, 4) is 0 Å². The fourth-order valence-electron chi connectivity index (χ4n) is 2.46. The molecule has 4 heteroatoms. The van der Waals surface area contributed by atoms with Crippen LogP contribution in [0.5, 0.6) is 0 Å². The molecule has 1 atom stereocenters. The number of amides is 1. The highest BCUT2D eigenvalue weighted by atomic mass is 16.3. The van der Waals surface area contributed by atoms with Crippen molar-refractivity contribution in [2.45, 2.75) is 13.0 Å². The molecule has 2 N–H and O–H groups in total. The standard InChI is InChI=1S/C18H16N2O2/c1-12(21)14-7-4-5-9-16(14)20-18(22)17-15-8-3-2-6-13(15)10-11-19-17/h2-12,21H,1H3,(H,20,22)/t12-/m0/s1. The number of rotatable bonds is 3. The third-order valence-electron chi connectivity index (χ3n) is 3.55. The second kappa shape index (κ2) is 5.95. The van der Waals surface area contributed by atoms with Gasteiger partial charge in [-0.2, -0.15) is 0 Å². The van der Waals surface area contributed by atoms with E-state index in [1.54, 1.807) is 25.3 Å². The number of fused-ring (bicyclic) bond motifs is 1. The summed E-state index contributed by atoms with van der Waals surface area (Å²) in [5, 5.41) is 14.4. The van der Waals surface area contributed by atoms with Crippen LogP contribution in [-0.2, 0) is 0 Å². The van der Waals surface area contributed by atoms with Crippen LogP contribution in [-0.4, -0.2) is 16.0 Å². The Morgan fingerprint density at radius 2 is 1.82 bits per heavy atom. The summed E-state index contributed by atoms with van der Waals surface area (Å²) in [5.41, 5.74) is 1.65. The zero-order valence-corrected chi connectivity index (χ0v) is 12.2. The van der Waals surface area contributed by atoms with Crippen molar-refractivity contribution in [3.05, 3.63) is 72.1 Å². The number of anilines is 1. The third-order valence-corrected chi connectivity index (χ3v) is 3.55. The summed E-state index contributed by atoms with van der Waals surface area (Å²) in [6, 6.07) is 16.7. The van der Waals surface area contributed by atoms with Crippen LogP contribution in [0.25, 0.3) is 10.8 Å². The van der Waals surface area contributed by atoms with Crippen LogP contribution in [0.3, 0.4) is 0 Å². The van der Waals surface area contributed by atoms with Crippen LogP contribution >= 0.6 is 0 Å². The minimum Gasteiger partial charge on any atom is -0.389 e. The average molecular weight is 292 g/mol. The van der Waals surface area contributed by atoms with E-state index in [2.05, 4.69) is 10.3 Å². The Morgan fingerprint density at radius 1 is 1.09 bits per heavy atom. The molecular weight excluding hydrogens is 276 g/mol. The molecule has 0 aliphatic carbocycles. The molecule has 0 unspecified atom stereocenters. The van der Waals surface area contributed by atoms with Crippen molar-refractivity contribution in [1.82, 2.24) is 4.98 Å². The Balaban J connectivity index is 1.98. The number of carbonyl (C=O) groups is 1. The summed E-state index contributed by atoms with van der Waals surface area (Å²) in [6.07, 6.45) is 0.967. The van der Waals surface area contributed by atoms with Crippen molar-refractivity contribution in [1.29, 1.82) is 0 Å². The van der Waals surface area contributed by atoms with Gasteiger partial charge in [0.1, 0.15) is 5.69 Å². The number of para-hydroxylation sites is 1. The van der Waals surface area contributed by atoms with Crippen LogP contribution in [0.15, 0.2) is 60.8 Å². The number of nitrogens with one attached hydrogen (secondary N) is 1. The lowest BCUT2D eigenvalue weighted by atomic mass is 10.1. The van der Waals surface area contributed by atoms with Gasteiger partial charge in [0.15, 0.2) is 0 Å². The van der Waals surface area contributed by atoms with E-state index in [4.69, 9.17) is 0 Å². The van der Waals surface area contributed by atoms with Crippen LogP contribution in [0, 0.1) is 0 Å². The molecular formula is C18H16N2O2. The van der Waals surface area contributed by atoms with Crippen molar-refractivity contribution < 1.29 is 9.90 Å². The van der Waals surface area contributed by atoms with E-state index >= 15 is 0 Å². The Morgan fingerprint density at radius 3 is 2.64 bits per heavy atom. The van der Waals surface area contributed by atoms with E-state index in [0.717, 1.165) is 10.8 Å². The molecule has 2 aromatic carbocycles. The fourth-order valence-corrected chi connectivity index (χ4v) is 2.46. The van der Waals surface area contributed by atoms with Crippen LogP contribution < -0.4 is 5.32 Å². The number of pyridine rings is 1. The SMILES string of the molecule is C[C@H](O)c1ccccc1NC(=O)c1nccc2ccccc12. The largest absolute Gasteiger partial charge is 0.389 e. The summed E-state index contributed by atoms with van der Waals surface area (Å²) in [7, 11) is 0. The van der Waals surface area contributed by atoms with Crippen LogP contribution in [0.4, 0.5) is 5.69 Å². The Labute approximate surface area is 128 Å². The lowest BCUT2D eigenvalue weighted by Crippen LogP contribution is -2.15. The maximum Gasteiger partial charge on any atom is 0.274 e. The molecule has 1 aromatic heterocycles. The molecule has 1 amide bonds. The maximum atomic E-state index is 12.5. The Hall–Kier alpha value is -2.72. The number of hydrogen-bond acceptors (Lipinski definition) is 3. The summed E-state index contributed by atoms with van der Waals surface area (Å²) in [5.74, 6) is -0.287. The average Bonchev–Trinajstić information content (AvgIpc) is 2.54. The fraction of sp³-hybridized carbons (Fsp3) is 0.111. The van der Waals surface area contributed by atoms with Gasteiger partial charge in [0.2, 0.25) is 0 Å². The van der Waals surface area contributed by atoms with E-state index in [-0.39, 0.29) is 5.91 Å². The first-order valence-electron chi connectivity index (χ1n) is 7.09. The smallest absolute Gasteiger partial charge is 0.274 e. The van der Waals surface area contributed by atoms with Crippen LogP contribution in [0.2, 0.25) is 0 Å². The minimum atomic E-state index is -0.656. The minimum absolute atomic E-state index is 0.287. The predicted octanol–water partition coefficient (Wildman–Crippen LogP) is 3.54. The predicted molar refractivity (Wildman–Crippen MR) is 86.8 cm³/mol. The molecule has 0 saturated carbocycles. The maximum absolute atomic E-state index is 12.5. The number of benzene rings is 2. The Kier molecular flexibility index (Phi) is 3.85. The van der Waals surface area contributed by atoms with E-state index < -0.39 is 6.10 Å². The second-order valence-corrected chi connectivity index (χ2v) is 5.10. The lowest BCUT2D eigenvalue weighted by Gasteiger charge is -2.13.